The van der Waals surface area contributed by atoms with E-state index in [1.54, 1.807) is 19.1 Å². The first kappa shape index (κ1) is 14.7. The number of carbonyl (C=O) groups is 2. The second-order valence-electron chi connectivity index (χ2n) is 4.75. The third-order valence-electron chi connectivity index (χ3n) is 3.27. The van der Waals surface area contributed by atoms with Crippen LogP contribution in [0.15, 0.2) is 29.4 Å². The molecule has 1 aliphatic heterocycles. The second kappa shape index (κ2) is 6.66. The average molecular weight is 284 g/mol. The zero-order valence-corrected chi connectivity index (χ0v) is 11.7. The van der Waals surface area contributed by atoms with E-state index in [-0.39, 0.29) is 11.8 Å². The van der Waals surface area contributed by atoms with Crippen LogP contribution in [-0.4, -0.2) is 17.5 Å². The highest BCUT2D eigenvalue weighted by atomic mass is 16.2. The van der Waals surface area contributed by atoms with Gasteiger partial charge in [0.15, 0.2) is 0 Å². The van der Waals surface area contributed by atoms with E-state index in [9.17, 15) is 9.59 Å². The van der Waals surface area contributed by atoms with Crippen molar-refractivity contribution in [1.82, 2.24) is 5.43 Å². The number of nitriles is 1. The molecule has 1 aliphatic rings. The molecule has 1 heterocycles. The molecule has 0 aromatic heterocycles. The molecule has 1 aromatic carbocycles. The van der Waals surface area contributed by atoms with Crippen LogP contribution in [-0.2, 0) is 9.59 Å². The van der Waals surface area contributed by atoms with Crippen molar-refractivity contribution in [3.63, 3.8) is 0 Å². The van der Waals surface area contributed by atoms with Crippen molar-refractivity contribution in [2.24, 2.45) is 11.0 Å². The lowest BCUT2D eigenvalue weighted by molar-refractivity contribution is -0.121. The van der Waals surface area contributed by atoms with Crippen LogP contribution < -0.4 is 10.7 Å². The lowest BCUT2D eigenvalue weighted by Gasteiger charge is -2.13. The Kier molecular flexibility index (Phi) is 4.67. The predicted molar refractivity (Wildman–Crippen MR) is 78.4 cm³/mol. The summed E-state index contributed by atoms with van der Waals surface area (Å²) in [5, 5.41) is 15.6. The maximum atomic E-state index is 11.8. The van der Waals surface area contributed by atoms with Crippen molar-refractivity contribution in [2.45, 2.75) is 26.2 Å². The van der Waals surface area contributed by atoms with E-state index < -0.39 is 5.92 Å². The molecule has 0 saturated carbocycles. The Balaban J connectivity index is 2.04. The SMILES string of the molecule is CCC(C#N)C(=O)Nc1ccc(C2=NNC(=O)CC2)cc1. The first-order chi connectivity index (χ1) is 10.1. The summed E-state index contributed by atoms with van der Waals surface area (Å²) in [6.45, 7) is 1.80. The minimum atomic E-state index is -0.636. The number of hydrogen-bond acceptors (Lipinski definition) is 4. The summed E-state index contributed by atoms with van der Waals surface area (Å²) >= 11 is 0. The van der Waals surface area contributed by atoms with E-state index in [1.165, 1.54) is 0 Å². The minimum Gasteiger partial charge on any atom is -0.325 e. The van der Waals surface area contributed by atoms with Gasteiger partial charge in [0.25, 0.3) is 0 Å². The number of benzene rings is 1. The summed E-state index contributed by atoms with van der Waals surface area (Å²) in [7, 11) is 0. The quantitative estimate of drug-likeness (QED) is 0.882. The normalized spacial score (nSPS) is 15.4. The fraction of sp³-hybridized carbons (Fsp3) is 0.333. The molecular weight excluding hydrogens is 268 g/mol. The summed E-state index contributed by atoms with van der Waals surface area (Å²) in [6, 6.07) is 9.15. The van der Waals surface area contributed by atoms with Gasteiger partial charge in [0.2, 0.25) is 11.8 Å². The molecule has 108 valence electrons. The topological polar surface area (TPSA) is 94.3 Å². The van der Waals surface area contributed by atoms with E-state index in [0.717, 1.165) is 11.3 Å². The van der Waals surface area contributed by atoms with Crippen LogP contribution in [0, 0.1) is 17.2 Å². The van der Waals surface area contributed by atoms with Gasteiger partial charge >= 0.3 is 0 Å². The van der Waals surface area contributed by atoms with Gasteiger partial charge in [-0.1, -0.05) is 19.1 Å². The average Bonchev–Trinajstić information content (AvgIpc) is 2.50. The highest BCUT2D eigenvalue weighted by Crippen LogP contribution is 2.15. The lowest BCUT2D eigenvalue weighted by Crippen LogP contribution is -2.25. The molecule has 0 spiro atoms. The van der Waals surface area contributed by atoms with E-state index in [4.69, 9.17) is 5.26 Å². The second-order valence-corrected chi connectivity index (χ2v) is 4.75. The standard InChI is InChI=1S/C15H16N4O2/c1-2-10(9-16)15(21)17-12-5-3-11(4-6-12)13-7-8-14(20)19-18-13/h3-6,10H,2,7-8H2,1H3,(H,17,21)(H,19,20). The number of nitrogens with zero attached hydrogens (tertiary/aromatic N) is 2. The Hall–Kier alpha value is -2.68. The van der Waals surface area contributed by atoms with E-state index >= 15 is 0 Å². The molecule has 0 aliphatic carbocycles. The first-order valence-corrected chi connectivity index (χ1v) is 6.80. The molecule has 21 heavy (non-hydrogen) atoms. The van der Waals surface area contributed by atoms with Crippen molar-refractivity contribution in [1.29, 1.82) is 5.26 Å². The zero-order chi connectivity index (χ0) is 15.2. The Bertz CT molecular complexity index is 614. The molecule has 1 unspecified atom stereocenters. The van der Waals surface area contributed by atoms with Gasteiger partial charge in [-0.25, -0.2) is 5.43 Å². The third kappa shape index (κ3) is 3.66. The van der Waals surface area contributed by atoms with Gasteiger partial charge in [0.1, 0.15) is 5.92 Å². The summed E-state index contributed by atoms with van der Waals surface area (Å²) < 4.78 is 0. The predicted octanol–water partition coefficient (Wildman–Crippen LogP) is 1.79. The smallest absolute Gasteiger partial charge is 0.241 e. The van der Waals surface area contributed by atoms with Crippen molar-refractivity contribution in [3.05, 3.63) is 29.8 Å². The monoisotopic (exact) mass is 284 g/mol. The number of anilines is 1. The fourth-order valence-corrected chi connectivity index (χ4v) is 1.99. The Morgan fingerprint density at radius 1 is 1.43 bits per heavy atom. The maximum absolute atomic E-state index is 11.8. The van der Waals surface area contributed by atoms with Gasteiger partial charge in [-0.2, -0.15) is 10.4 Å². The van der Waals surface area contributed by atoms with Crippen molar-refractivity contribution >= 4 is 23.2 Å². The molecule has 1 atom stereocenters. The zero-order valence-electron chi connectivity index (χ0n) is 11.7. The molecular formula is C15H16N4O2. The van der Waals surface area contributed by atoms with Crippen LogP contribution in [0.3, 0.4) is 0 Å². The number of hydrogen-bond donors (Lipinski definition) is 2. The van der Waals surface area contributed by atoms with Crippen LogP contribution in [0.25, 0.3) is 0 Å². The summed E-state index contributed by atoms with van der Waals surface area (Å²) in [5.41, 5.74) is 4.81. The number of nitrogens with one attached hydrogen (secondary N) is 2. The molecule has 6 nitrogen and oxygen atoms in total. The molecule has 2 amide bonds. The number of amides is 2. The van der Waals surface area contributed by atoms with E-state index in [1.807, 2.05) is 18.2 Å². The third-order valence-corrected chi connectivity index (χ3v) is 3.27. The molecule has 0 fully saturated rings. The summed E-state index contributed by atoms with van der Waals surface area (Å²) in [5.74, 6) is -1.01. The number of hydrazone groups is 1. The van der Waals surface area contributed by atoms with Crippen molar-refractivity contribution in [3.8, 4) is 6.07 Å². The maximum Gasteiger partial charge on any atom is 0.241 e. The van der Waals surface area contributed by atoms with Crippen molar-refractivity contribution in [2.75, 3.05) is 5.32 Å². The fourth-order valence-electron chi connectivity index (χ4n) is 1.99. The van der Waals surface area contributed by atoms with Crippen LogP contribution in [0.1, 0.15) is 31.7 Å². The van der Waals surface area contributed by atoms with Gasteiger partial charge in [0, 0.05) is 18.5 Å². The highest BCUT2D eigenvalue weighted by Gasteiger charge is 2.16. The lowest BCUT2D eigenvalue weighted by atomic mass is 10.0. The molecule has 0 radical (unpaired) electrons. The summed E-state index contributed by atoms with van der Waals surface area (Å²) in [6.07, 6.45) is 1.51. The Morgan fingerprint density at radius 2 is 2.14 bits per heavy atom. The van der Waals surface area contributed by atoms with Crippen LogP contribution in [0.2, 0.25) is 0 Å². The van der Waals surface area contributed by atoms with Gasteiger partial charge in [-0.15, -0.1) is 0 Å². The largest absolute Gasteiger partial charge is 0.325 e. The van der Waals surface area contributed by atoms with Crippen LogP contribution in [0.5, 0.6) is 0 Å². The van der Waals surface area contributed by atoms with Crippen LogP contribution >= 0.6 is 0 Å². The van der Waals surface area contributed by atoms with Crippen molar-refractivity contribution < 1.29 is 9.59 Å². The Morgan fingerprint density at radius 3 is 2.67 bits per heavy atom. The number of rotatable bonds is 4. The van der Waals surface area contributed by atoms with Gasteiger partial charge < -0.3 is 5.32 Å². The van der Waals surface area contributed by atoms with Gasteiger partial charge in [-0.3, -0.25) is 9.59 Å². The summed E-state index contributed by atoms with van der Waals surface area (Å²) in [4.78, 5) is 22.8. The minimum absolute atomic E-state index is 0.0789. The number of carbonyl (C=O) groups excluding carboxylic acids is 2. The molecule has 6 heteroatoms. The molecule has 2 rings (SSSR count). The highest BCUT2D eigenvalue weighted by molar-refractivity contribution is 6.04. The molecule has 0 saturated heterocycles. The Labute approximate surface area is 122 Å². The molecule has 0 bridgehead atoms. The van der Waals surface area contributed by atoms with Gasteiger partial charge in [-0.05, 0) is 24.1 Å². The van der Waals surface area contributed by atoms with Gasteiger partial charge in [0.05, 0.1) is 11.8 Å². The van der Waals surface area contributed by atoms with E-state index in [2.05, 4.69) is 15.8 Å². The first-order valence-electron chi connectivity index (χ1n) is 6.80. The van der Waals surface area contributed by atoms with E-state index in [0.29, 0.717) is 24.9 Å². The van der Waals surface area contributed by atoms with Crippen LogP contribution in [0.4, 0.5) is 5.69 Å². The molecule has 2 N–H and O–H groups in total. The molecule has 1 aromatic rings.